The predicted molar refractivity (Wildman–Crippen MR) is 77.0 cm³/mol. The molecule has 1 fully saturated rings. The van der Waals surface area contributed by atoms with Gasteiger partial charge >= 0.3 is 5.69 Å². The van der Waals surface area contributed by atoms with Crippen LogP contribution in [0.4, 0.5) is 10.2 Å². The van der Waals surface area contributed by atoms with Crippen LogP contribution in [-0.2, 0) is 31.6 Å². The van der Waals surface area contributed by atoms with E-state index in [0.29, 0.717) is 0 Å². The Labute approximate surface area is 155 Å². The minimum atomic E-state index is -6.09. The quantitative estimate of drug-likeness (QED) is 0.389. The second-order valence-corrected chi connectivity index (χ2v) is 9.50. The number of nitrogens with two attached hydrogens (primary N) is 1. The third-order valence-corrected chi connectivity index (χ3v) is 6.81. The monoisotopic (exact) mass is 465 g/mol. The topological polar surface area (TPSA) is 241 Å². The average Bonchev–Trinajstić information content (AvgIpc) is 2.94. The molecular formula is C9H11FN3O12P3-4. The number of nitrogens with zero attached hydrogens (tertiary/aromatic N) is 2. The first-order valence-corrected chi connectivity index (χ1v) is 11.5. The average molecular weight is 465 g/mol. The van der Waals surface area contributed by atoms with E-state index in [1.54, 1.807) is 0 Å². The molecule has 1 saturated heterocycles. The highest BCUT2D eigenvalue weighted by molar-refractivity contribution is 7.64. The van der Waals surface area contributed by atoms with Crippen molar-refractivity contribution in [1.29, 1.82) is 0 Å². The van der Waals surface area contributed by atoms with Crippen molar-refractivity contribution >= 4 is 29.3 Å². The molecule has 15 nitrogen and oxygen atoms in total. The maximum atomic E-state index is 13.4. The molecule has 0 aliphatic carbocycles. The molecular weight excluding hydrogens is 454 g/mol. The van der Waals surface area contributed by atoms with Gasteiger partial charge in [-0.3, -0.25) is 18.0 Å². The van der Waals surface area contributed by atoms with Crippen LogP contribution in [0.3, 0.4) is 0 Å². The molecule has 28 heavy (non-hydrogen) atoms. The van der Waals surface area contributed by atoms with Crippen LogP contribution in [0.5, 0.6) is 0 Å². The Bertz CT molecular complexity index is 933. The van der Waals surface area contributed by atoms with Crippen molar-refractivity contribution in [3.63, 3.8) is 0 Å². The third kappa shape index (κ3) is 6.79. The molecule has 2 heterocycles. The lowest BCUT2D eigenvalue weighted by Gasteiger charge is -2.37. The zero-order valence-electron chi connectivity index (χ0n) is 13.4. The summed E-state index contributed by atoms with van der Waals surface area (Å²) in [7, 11) is -17.8. The van der Waals surface area contributed by atoms with Gasteiger partial charge in [0.05, 0.1) is 26.7 Å². The van der Waals surface area contributed by atoms with Crippen molar-refractivity contribution in [3.8, 4) is 0 Å². The fraction of sp³-hybridized carbons (Fsp3) is 0.556. The van der Waals surface area contributed by atoms with E-state index in [4.69, 9.17) is 10.5 Å². The van der Waals surface area contributed by atoms with Gasteiger partial charge in [0.2, 0.25) is 0 Å². The second-order valence-electron chi connectivity index (χ2n) is 5.25. The van der Waals surface area contributed by atoms with Crippen LogP contribution < -0.4 is 31.0 Å². The number of nitrogen functional groups attached to an aromatic ring is 1. The zero-order valence-corrected chi connectivity index (χ0v) is 16.1. The molecule has 2 rings (SSSR count). The summed E-state index contributed by atoms with van der Waals surface area (Å²) < 4.78 is 62.8. The lowest BCUT2D eigenvalue weighted by molar-refractivity contribution is -0.339. The van der Waals surface area contributed by atoms with Crippen LogP contribution in [0.1, 0.15) is 19.1 Å². The summed E-state index contributed by atoms with van der Waals surface area (Å²) in [6, 6.07) is 0. The Balaban J connectivity index is 1.95. The molecule has 0 aromatic carbocycles. The molecule has 1 aromatic rings. The van der Waals surface area contributed by atoms with Crippen molar-refractivity contribution < 1.29 is 55.5 Å². The highest BCUT2D eigenvalue weighted by atomic mass is 31.3. The van der Waals surface area contributed by atoms with Crippen LogP contribution in [0.15, 0.2) is 11.0 Å². The normalized spacial score (nSPS) is 24.6. The summed E-state index contributed by atoms with van der Waals surface area (Å²) in [4.78, 5) is 57.8. The number of ether oxygens (including phenoxy) is 1. The van der Waals surface area contributed by atoms with E-state index in [-0.39, 0.29) is 12.8 Å². The number of phosphoric acid groups is 3. The Morgan fingerprint density at radius 2 is 1.86 bits per heavy atom. The third-order valence-electron chi connectivity index (χ3n) is 3.15. The maximum absolute atomic E-state index is 13.4. The Morgan fingerprint density at radius 3 is 2.46 bits per heavy atom. The standard InChI is InChI=1S/C9H15FN3O12P3/c10-6-3-13(9(14)12-8(6)11)7-2-1-5(23-7)4-22-27(18,19)25-28(20,21)24-26(15,16)17/h3,5,7H,1-2,4H2,(H,18,19)(H,20,21)(H2,11,12,14)(H2,15,16,17)/p-4/t5-,7+/m1/s1. The van der Waals surface area contributed by atoms with Gasteiger partial charge in [0, 0.05) is 0 Å². The fourth-order valence-corrected chi connectivity index (χ4v) is 5.02. The van der Waals surface area contributed by atoms with Gasteiger partial charge in [-0.05, 0) is 12.8 Å². The summed E-state index contributed by atoms with van der Waals surface area (Å²) in [5.41, 5.74) is 4.22. The summed E-state index contributed by atoms with van der Waals surface area (Å²) >= 11 is 0. The highest BCUT2D eigenvalue weighted by Gasteiger charge is 2.30. The van der Waals surface area contributed by atoms with Crippen LogP contribution in [-0.4, -0.2) is 22.3 Å². The van der Waals surface area contributed by atoms with Crippen molar-refractivity contribution in [2.24, 2.45) is 0 Å². The minimum absolute atomic E-state index is 0.102. The molecule has 0 amide bonds. The van der Waals surface area contributed by atoms with Crippen molar-refractivity contribution in [3.05, 3.63) is 22.5 Å². The molecule has 1 aliphatic rings. The number of hydrogen-bond acceptors (Lipinski definition) is 14. The molecule has 0 bridgehead atoms. The van der Waals surface area contributed by atoms with Gasteiger partial charge in [-0.25, -0.2) is 13.5 Å². The molecule has 1 aliphatic heterocycles. The van der Waals surface area contributed by atoms with Gasteiger partial charge in [-0.1, -0.05) is 0 Å². The first kappa shape index (κ1) is 23.3. The van der Waals surface area contributed by atoms with E-state index in [1.165, 1.54) is 0 Å². The van der Waals surface area contributed by atoms with E-state index >= 15 is 0 Å². The van der Waals surface area contributed by atoms with Gasteiger partial charge < -0.3 is 39.1 Å². The van der Waals surface area contributed by atoms with Crippen molar-refractivity contribution in [2.45, 2.75) is 25.2 Å². The van der Waals surface area contributed by atoms with Gasteiger partial charge in [0.15, 0.2) is 11.6 Å². The molecule has 0 saturated carbocycles. The summed E-state index contributed by atoms with van der Waals surface area (Å²) in [6.07, 6.45) is -1.07. The highest BCUT2D eigenvalue weighted by Crippen LogP contribution is 2.60. The van der Waals surface area contributed by atoms with E-state index in [9.17, 15) is 42.5 Å². The lowest BCUT2D eigenvalue weighted by atomic mass is 10.2. The number of hydrogen-bond donors (Lipinski definition) is 1. The van der Waals surface area contributed by atoms with Gasteiger partial charge in [-0.15, -0.1) is 0 Å². The van der Waals surface area contributed by atoms with Crippen LogP contribution in [0, 0.1) is 5.82 Å². The largest absolute Gasteiger partial charge is 0.790 e. The van der Waals surface area contributed by atoms with Crippen molar-refractivity contribution in [1.82, 2.24) is 9.55 Å². The van der Waals surface area contributed by atoms with E-state index in [0.717, 1.165) is 10.8 Å². The molecule has 19 heteroatoms. The zero-order chi connectivity index (χ0) is 21.3. The SMILES string of the molecule is Nc1nc(=O)n([C@@H]2CC[C@H](COP(=O)([O-])OP(=O)([O-])OP(=O)([O-])[O-])O2)cc1F. The number of halogens is 1. The summed E-state index contributed by atoms with van der Waals surface area (Å²) in [5.74, 6) is -1.60. The second kappa shape index (κ2) is 8.38. The Hall–Kier alpha value is -1.02. The number of rotatable bonds is 8. The molecule has 4 atom stereocenters. The molecule has 1 aromatic heterocycles. The molecule has 2 unspecified atom stereocenters. The number of anilines is 1. The fourth-order valence-electron chi connectivity index (χ4n) is 2.14. The Kier molecular flexibility index (Phi) is 6.96. The molecule has 0 spiro atoms. The van der Waals surface area contributed by atoms with Crippen LogP contribution in [0.25, 0.3) is 0 Å². The van der Waals surface area contributed by atoms with E-state index < -0.39 is 59.7 Å². The lowest BCUT2D eigenvalue weighted by Crippen LogP contribution is -2.29. The summed E-state index contributed by atoms with van der Waals surface area (Å²) in [6.45, 7) is -0.802. The number of phosphoric ester groups is 1. The molecule has 0 radical (unpaired) electrons. The molecule has 2 N–H and O–H groups in total. The smallest absolute Gasteiger partial charge is 0.351 e. The Morgan fingerprint density at radius 1 is 1.21 bits per heavy atom. The van der Waals surface area contributed by atoms with E-state index in [2.05, 4.69) is 18.1 Å². The predicted octanol–water partition coefficient (Wildman–Crippen LogP) is -2.54. The summed E-state index contributed by atoms with van der Waals surface area (Å²) in [5, 5.41) is 0. The first-order chi connectivity index (χ1) is 12.7. The molecule has 160 valence electrons. The number of aromatic nitrogens is 2. The van der Waals surface area contributed by atoms with E-state index in [1.807, 2.05) is 0 Å². The first-order valence-electron chi connectivity index (χ1n) is 7.08. The van der Waals surface area contributed by atoms with Gasteiger partial charge in [0.25, 0.3) is 15.6 Å². The van der Waals surface area contributed by atoms with Crippen molar-refractivity contribution in [2.75, 3.05) is 12.3 Å². The minimum Gasteiger partial charge on any atom is -0.790 e. The maximum Gasteiger partial charge on any atom is 0.351 e. The van der Waals surface area contributed by atoms with Crippen LogP contribution >= 0.6 is 23.5 Å². The van der Waals surface area contributed by atoms with Gasteiger partial charge in [-0.2, -0.15) is 4.98 Å². The van der Waals surface area contributed by atoms with Gasteiger partial charge in [0.1, 0.15) is 6.23 Å². The van der Waals surface area contributed by atoms with Crippen LogP contribution in [0.2, 0.25) is 0 Å².